The van der Waals surface area contributed by atoms with Gasteiger partial charge in [0.1, 0.15) is 0 Å². The average Bonchev–Trinajstić information content (AvgIpc) is 2.68. The molecule has 0 fully saturated rings. The van der Waals surface area contributed by atoms with Crippen LogP contribution in [-0.4, -0.2) is 15.8 Å². The molecule has 0 spiro atoms. The Bertz CT molecular complexity index is 892. The van der Waals surface area contributed by atoms with Gasteiger partial charge in [-0.05, 0) is 23.3 Å². The Hall–Kier alpha value is -3.31. The highest BCUT2D eigenvalue weighted by atomic mass is 16.6. The molecule has 3 aromatic carbocycles. The summed E-state index contributed by atoms with van der Waals surface area (Å²) >= 11 is 0. The van der Waals surface area contributed by atoms with Gasteiger partial charge in [0.15, 0.2) is 5.60 Å². The molecule has 1 unspecified atom stereocenters. The zero-order valence-electron chi connectivity index (χ0n) is 13.2. The topological polar surface area (TPSA) is 80.4 Å². The van der Waals surface area contributed by atoms with E-state index in [1.165, 1.54) is 24.3 Å². The monoisotopic (exact) mass is 333 g/mol. The van der Waals surface area contributed by atoms with Crippen LogP contribution in [0.5, 0.6) is 0 Å². The smallest absolute Gasteiger partial charge is 0.269 e. The summed E-state index contributed by atoms with van der Waals surface area (Å²) in [7, 11) is 0. The van der Waals surface area contributed by atoms with E-state index >= 15 is 0 Å². The Labute approximate surface area is 144 Å². The fraction of sp³-hybridized carbons (Fsp3) is 0.0500. The maximum absolute atomic E-state index is 13.1. The number of nitro benzene ring substituents is 1. The van der Waals surface area contributed by atoms with Gasteiger partial charge in [0.25, 0.3) is 5.69 Å². The summed E-state index contributed by atoms with van der Waals surface area (Å²) in [6, 6.07) is 22.4. The number of nitro groups is 1. The average molecular weight is 333 g/mol. The van der Waals surface area contributed by atoms with Gasteiger partial charge in [-0.3, -0.25) is 14.9 Å². The summed E-state index contributed by atoms with van der Waals surface area (Å²) in [5.74, 6) is -0.492. The number of carbonyl (C=O) groups excluding carboxylic acids is 1. The van der Waals surface area contributed by atoms with Crippen molar-refractivity contribution in [1.29, 1.82) is 0 Å². The van der Waals surface area contributed by atoms with Crippen LogP contribution in [0.3, 0.4) is 0 Å². The van der Waals surface area contributed by atoms with Gasteiger partial charge < -0.3 is 5.11 Å². The molecule has 3 rings (SSSR count). The van der Waals surface area contributed by atoms with Gasteiger partial charge in [-0.2, -0.15) is 0 Å². The molecule has 1 atom stereocenters. The number of benzene rings is 3. The first-order chi connectivity index (χ1) is 12.0. The molecule has 0 saturated carbocycles. The summed E-state index contributed by atoms with van der Waals surface area (Å²) in [6.45, 7) is 0. The summed E-state index contributed by atoms with van der Waals surface area (Å²) in [5, 5.41) is 22.2. The van der Waals surface area contributed by atoms with Crippen LogP contribution in [-0.2, 0) is 5.60 Å². The van der Waals surface area contributed by atoms with Crippen LogP contribution in [0, 0.1) is 10.1 Å². The van der Waals surface area contributed by atoms with Crippen LogP contribution < -0.4 is 0 Å². The fourth-order valence-electron chi connectivity index (χ4n) is 2.73. The van der Waals surface area contributed by atoms with Crippen LogP contribution in [0.1, 0.15) is 21.5 Å². The molecule has 0 radical (unpaired) electrons. The maximum atomic E-state index is 13.1. The molecular formula is C20H15NO4. The van der Waals surface area contributed by atoms with E-state index in [4.69, 9.17) is 0 Å². The second kappa shape index (κ2) is 6.67. The lowest BCUT2D eigenvalue weighted by atomic mass is 9.80. The first kappa shape index (κ1) is 16.5. The molecule has 124 valence electrons. The largest absolute Gasteiger partial charge is 0.373 e. The van der Waals surface area contributed by atoms with Crippen molar-refractivity contribution in [2.45, 2.75) is 5.60 Å². The number of ketones is 1. The first-order valence-electron chi connectivity index (χ1n) is 7.66. The van der Waals surface area contributed by atoms with Gasteiger partial charge in [0.05, 0.1) is 4.92 Å². The number of carbonyl (C=O) groups is 1. The standard InChI is InChI=1S/C20H15NO4/c22-19(15-7-3-1-4-8-15)20(23,16-9-5-2-6-10-16)17-11-13-18(14-12-17)21(24)25/h1-14,23H. The van der Waals surface area contributed by atoms with Crippen molar-refractivity contribution in [1.82, 2.24) is 0 Å². The van der Waals surface area contributed by atoms with Crippen LogP contribution in [0.4, 0.5) is 5.69 Å². The van der Waals surface area contributed by atoms with Crippen molar-refractivity contribution >= 4 is 11.5 Å². The Kier molecular flexibility index (Phi) is 4.41. The Balaban J connectivity index is 2.16. The second-order valence-electron chi connectivity index (χ2n) is 5.58. The number of non-ortho nitro benzene ring substituents is 1. The van der Waals surface area contributed by atoms with Gasteiger partial charge in [-0.15, -0.1) is 0 Å². The van der Waals surface area contributed by atoms with E-state index < -0.39 is 16.3 Å². The predicted octanol–water partition coefficient (Wildman–Crippen LogP) is 3.71. The lowest BCUT2D eigenvalue weighted by Gasteiger charge is -2.28. The van der Waals surface area contributed by atoms with Crippen LogP contribution in [0.2, 0.25) is 0 Å². The van der Waals surface area contributed by atoms with Gasteiger partial charge in [0.2, 0.25) is 5.78 Å². The van der Waals surface area contributed by atoms with Gasteiger partial charge in [-0.25, -0.2) is 0 Å². The molecule has 0 saturated heterocycles. The molecule has 0 aliphatic rings. The zero-order valence-corrected chi connectivity index (χ0v) is 13.2. The van der Waals surface area contributed by atoms with E-state index in [0.717, 1.165) is 0 Å². The normalized spacial score (nSPS) is 13.0. The SMILES string of the molecule is O=C(c1ccccc1)C(O)(c1ccccc1)c1ccc([N+](=O)[O-])cc1. The molecule has 5 heteroatoms. The highest BCUT2D eigenvalue weighted by Gasteiger charge is 2.40. The lowest BCUT2D eigenvalue weighted by molar-refractivity contribution is -0.384. The van der Waals surface area contributed by atoms with E-state index in [2.05, 4.69) is 0 Å². The van der Waals surface area contributed by atoms with Gasteiger partial charge in [0, 0.05) is 17.7 Å². The van der Waals surface area contributed by atoms with E-state index in [-0.39, 0.29) is 11.3 Å². The van der Waals surface area contributed by atoms with E-state index in [9.17, 15) is 20.0 Å². The molecule has 5 nitrogen and oxygen atoms in total. The number of aliphatic hydroxyl groups is 1. The minimum absolute atomic E-state index is 0.105. The molecule has 1 N–H and O–H groups in total. The molecule has 3 aromatic rings. The van der Waals surface area contributed by atoms with Crippen molar-refractivity contribution in [3.63, 3.8) is 0 Å². The summed E-state index contributed by atoms with van der Waals surface area (Å²) < 4.78 is 0. The maximum Gasteiger partial charge on any atom is 0.269 e. The number of nitrogens with zero attached hydrogens (tertiary/aromatic N) is 1. The Morgan fingerprint density at radius 2 is 1.28 bits per heavy atom. The van der Waals surface area contributed by atoms with Crippen LogP contribution in [0.15, 0.2) is 84.9 Å². The molecule has 0 aromatic heterocycles. The Morgan fingerprint density at radius 1 is 0.800 bits per heavy atom. The van der Waals surface area contributed by atoms with E-state index in [1.54, 1.807) is 60.7 Å². The van der Waals surface area contributed by atoms with E-state index in [0.29, 0.717) is 11.1 Å². The molecule has 0 aliphatic carbocycles. The van der Waals surface area contributed by atoms with Crippen molar-refractivity contribution < 1.29 is 14.8 Å². The molecule has 25 heavy (non-hydrogen) atoms. The highest BCUT2D eigenvalue weighted by molar-refractivity contribution is 6.05. The van der Waals surface area contributed by atoms with Crippen molar-refractivity contribution in [3.8, 4) is 0 Å². The Morgan fingerprint density at radius 3 is 1.80 bits per heavy atom. The minimum atomic E-state index is -1.93. The number of hydrogen-bond donors (Lipinski definition) is 1. The first-order valence-corrected chi connectivity index (χ1v) is 7.66. The number of hydrogen-bond acceptors (Lipinski definition) is 4. The number of Topliss-reactive ketones (excluding diaryl/α,β-unsaturated/α-hetero) is 1. The quantitative estimate of drug-likeness (QED) is 0.438. The third-order valence-corrected chi connectivity index (χ3v) is 4.05. The highest BCUT2D eigenvalue weighted by Crippen LogP contribution is 2.34. The van der Waals surface area contributed by atoms with Crippen molar-refractivity contribution in [2.24, 2.45) is 0 Å². The summed E-state index contributed by atoms with van der Waals surface area (Å²) in [6.07, 6.45) is 0. The lowest BCUT2D eigenvalue weighted by Crippen LogP contribution is -2.37. The minimum Gasteiger partial charge on any atom is -0.373 e. The molecule has 0 amide bonds. The summed E-state index contributed by atoms with van der Waals surface area (Å²) in [4.78, 5) is 23.4. The third kappa shape index (κ3) is 3.05. The van der Waals surface area contributed by atoms with Gasteiger partial charge in [-0.1, -0.05) is 60.7 Å². The third-order valence-electron chi connectivity index (χ3n) is 4.05. The molecular weight excluding hydrogens is 318 g/mol. The van der Waals surface area contributed by atoms with E-state index in [1.807, 2.05) is 0 Å². The molecule has 0 aliphatic heterocycles. The van der Waals surface area contributed by atoms with Crippen LogP contribution in [0.25, 0.3) is 0 Å². The second-order valence-corrected chi connectivity index (χ2v) is 5.58. The van der Waals surface area contributed by atoms with Crippen molar-refractivity contribution in [2.75, 3.05) is 0 Å². The van der Waals surface area contributed by atoms with Crippen LogP contribution >= 0.6 is 0 Å². The van der Waals surface area contributed by atoms with Gasteiger partial charge >= 0.3 is 0 Å². The fourth-order valence-corrected chi connectivity index (χ4v) is 2.73. The molecule has 0 bridgehead atoms. The predicted molar refractivity (Wildman–Crippen MR) is 93.3 cm³/mol. The molecule has 0 heterocycles. The van der Waals surface area contributed by atoms with Crippen molar-refractivity contribution in [3.05, 3.63) is 112 Å². The summed E-state index contributed by atoms with van der Waals surface area (Å²) in [5.41, 5.74) is -1.01. The zero-order chi connectivity index (χ0) is 17.9. The number of rotatable bonds is 5.